The number of hydrogen-bond acceptors (Lipinski definition) is 2. The third kappa shape index (κ3) is 3.56. The largest absolute Gasteiger partial charge is 0.300 e. The summed E-state index contributed by atoms with van der Waals surface area (Å²) in [5.41, 5.74) is 4.48. The Labute approximate surface area is 119 Å². The summed E-state index contributed by atoms with van der Waals surface area (Å²) >= 11 is 1.69. The maximum Gasteiger partial charge on any atom is 0.135 e. The van der Waals surface area contributed by atoms with Crippen molar-refractivity contribution in [1.82, 2.24) is 0 Å². The van der Waals surface area contributed by atoms with Gasteiger partial charge in [-0.15, -0.1) is 16.9 Å². The standard InChI is InChI=1S/C16H18OSSi/c1-12(17)11-16-14(9-10-19(2,3)4)13-7-5-6-8-15(13)18-16/h5-8H,11H2,1-4H3. The molecule has 19 heavy (non-hydrogen) atoms. The lowest BCUT2D eigenvalue weighted by Crippen LogP contribution is -2.16. The van der Waals surface area contributed by atoms with E-state index >= 15 is 0 Å². The van der Waals surface area contributed by atoms with Crippen LogP contribution in [0.5, 0.6) is 0 Å². The number of carbonyl (C=O) groups excluding carboxylic acids is 1. The van der Waals surface area contributed by atoms with E-state index in [1.165, 1.54) is 10.1 Å². The van der Waals surface area contributed by atoms with E-state index in [1.54, 1.807) is 18.3 Å². The highest BCUT2D eigenvalue weighted by molar-refractivity contribution is 7.19. The number of benzene rings is 1. The van der Waals surface area contributed by atoms with Crippen molar-refractivity contribution in [2.24, 2.45) is 0 Å². The van der Waals surface area contributed by atoms with Gasteiger partial charge in [0, 0.05) is 26.9 Å². The SMILES string of the molecule is CC(=O)Cc1sc2ccccc2c1C#C[Si](C)(C)C. The molecule has 0 bridgehead atoms. The van der Waals surface area contributed by atoms with Crippen molar-refractivity contribution < 1.29 is 4.79 Å². The van der Waals surface area contributed by atoms with Crippen LogP contribution in [0.3, 0.4) is 0 Å². The topological polar surface area (TPSA) is 17.1 Å². The molecule has 1 nitrogen and oxygen atoms in total. The van der Waals surface area contributed by atoms with E-state index < -0.39 is 8.07 Å². The van der Waals surface area contributed by atoms with Crippen LogP contribution in [0.4, 0.5) is 0 Å². The van der Waals surface area contributed by atoms with Gasteiger partial charge in [-0.25, -0.2) is 0 Å². The van der Waals surface area contributed by atoms with Crippen molar-refractivity contribution in [3.63, 3.8) is 0 Å². The summed E-state index contributed by atoms with van der Waals surface area (Å²) in [6.45, 7) is 8.34. The molecule has 0 spiro atoms. The normalized spacial score (nSPS) is 11.2. The van der Waals surface area contributed by atoms with Gasteiger partial charge in [-0.3, -0.25) is 4.79 Å². The van der Waals surface area contributed by atoms with Crippen LogP contribution < -0.4 is 0 Å². The zero-order valence-corrected chi connectivity index (χ0v) is 13.6. The van der Waals surface area contributed by atoms with Gasteiger partial charge in [0.05, 0.1) is 0 Å². The number of hydrogen-bond donors (Lipinski definition) is 0. The fourth-order valence-electron chi connectivity index (χ4n) is 1.83. The molecule has 0 unspecified atom stereocenters. The molecule has 0 fully saturated rings. The Morgan fingerprint density at radius 3 is 2.58 bits per heavy atom. The third-order valence-electron chi connectivity index (χ3n) is 2.64. The lowest BCUT2D eigenvalue weighted by atomic mass is 10.1. The molecule has 0 amide bonds. The Morgan fingerprint density at radius 2 is 1.95 bits per heavy atom. The first-order valence-corrected chi connectivity index (χ1v) is 10.7. The molecule has 1 aromatic carbocycles. The van der Waals surface area contributed by atoms with Crippen LogP contribution in [-0.4, -0.2) is 13.9 Å². The van der Waals surface area contributed by atoms with Gasteiger partial charge in [0.1, 0.15) is 13.9 Å². The van der Waals surface area contributed by atoms with E-state index in [-0.39, 0.29) is 5.78 Å². The van der Waals surface area contributed by atoms with Crippen molar-refractivity contribution in [1.29, 1.82) is 0 Å². The van der Waals surface area contributed by atoms with Crippen molar-refractivity contribution >= 4 is 35.3 Å². The first-order valence-electron chi connectivity index (χ1n) is 6.40. The molecule has 0 saturated heterocycles. The third-order valence-corrected chi connectivity index (χ3v) is 4.69. The molecule has 2 aromatic rings. The Balaban J connectivity index is 2.60. The Kier molecular flexibility index (Phi) is 3.93. The number of Topliss-reactive ketones (excluding diaryl/α,β-unsaturated/α-hetero) is 1. The minimum absolute atomic E-state index is 0.197. The van der Waals surface area contributed by atoms with Gasteiger partial charge in [-0.1, -0.05) is 43.8 Å². The van der Waals surface area contributed by atoms with Crippen LogP contribution >= 0.6 is 11.3 Å². The lowest BCUT2D eigenvalue weighted by Gasteiger charge is -2.03. The van der Waals surface area contributed by atoms with E-state index in [0.717, 1.165) is 10.4 Å². The fraction of sp³-hybridized carbons (Fsp3) is 0.312. The minimum atomic E-state index is -1.41. The maximum atomic E-state index is 11.4. The lowest BCUT2D eigenvalue weighted by molar-refractivity contribution is -0.116. The van der Waals surface area contributed by atoms with Crippen LogP contribution in [0.2, 0.25) is 19.6 Å². The highest BCUT2D eigenvalue weighted by Gasteiger charge is 2.13. The average Bonchev–Trinajstić information content (AvgIpc) is 2.61. The molecule has 0 N–H and O–H groups in total. The first-order chi connectivity index (χ1) is 8.87. The monoisotopic (exact) mass is 286 g/mol. The van der Waals surface area contributed by atoms with Gasteiger partial charge in [0.25, 0.3) is 0 Å². The van der Waals surface area contributed by atoms with Gasteiger partial charge in [0.2, 0.25) is 0 Å². The molecular formula is C16H18OSSi. The summed E-state index contributed by atoms with van der Waals surface area (Å²) in [4.78, 5) is 12.5. The van der Waals surface area contributed by atoms with E-state index in [9.17, 15) is 4.79 Å². The van der Waals surface area contributed by atoms with Gasteiger partial charge in [-0.2, -0.15) is 0 Å². The summed E-state index contributed by atoms with van der Waals surface area (Å²) in [6.07, 6.45) is 0.495. The molecule has 0 aliphatic heterocycles. The number of ketones is 1. The highest BCUT2D eigenvalue weighted by Crippen LogP contribution is 2.31. The predicted molar refractivity (Wildman–Crippen MR) is 86.4 cm³/mol. The molecule has 0 aliphatic rings. The molecule has 0 atom stereocenters. The van der Waals surface area contributed by atoms with Gasteiger partial charge >= 0.3 is 0 Å². The molecule has 2 rings (SSSR count). The molecule has 98 valence electrons. The number of fused-ring (bicyclic) bond motifs is 1. The number of carbonyl (C=O) groups is 1. The van der Waals surface area contributed by atoms with E-state index in [0.29, 0.717) is 6.42 Å². The summed E-state index contributed by atoms with van der Waals surface area (Å²) in [6, 6.07) is 8.27. The van der Waals surface area contributed by atoms with E-state index in [2.05, 4.69) is 43.2 Å². The molecule has 0 radical (unpaired) electrons. The maximum absolute atomic E-state index is 11.4. The quantitative estimate of drug-likeness (QED) is 0.595. The number of thiophene rings is 1. The summed E-state index contributed by atoms with van der Waals surface area (Å²) < 4.78 is 1.22. The first kappa shape index (κ1) is 14.0. The van der Waals surface area contributed by atoms with Crippen molar-refractivity contribution in [3.8, 4) is 11.5 Å². The Hall–Kier alpha value is -1.37. The van der Waals surface area contributed by atoms with Crippen molar-refractivity contribution in [2.45, 2.75) is 33.0 Å². The Bertz CT molecular complexity index is 680. The molecular weight excluding hydrogens is 268 g/mol. The van der Waals surface area contributed by atoms with Crippen LogP contribution in [0.15, 0.2) is 24.3 Å². The predicted octanol–water partition coefficient (Wildman–Crippen LogP) is 4.26. The molecule has 1 heterocycles. The Morgan fingerprint density at radius 1 is 1.26 bits per heavy atom. The molecule has 0 saturated carbocycles. The zero-order chi connectivity index (χ0) is 14.0. The average molecular weight is 286 g/mol. The second-order valence-corrected chi connectivity index (χ2v) is 11.7. The van der Waals surface area contributed by atoms with Crippen molar-refractivity contribution in [3.05, 3.63) is 34.7 Å². The van der Waals surface area contributed by atoms with Crippen LogP contribution in [0.1, 0.15) is 17.4 Å². The zero-order valence-electron chi connectivity index (χ0n) is 11.8. The van der Waals surface area contributed by atoms with Crippen LogP contribution in [0, 0.1) is 11.5 Å². The summed E-state index contributed by atoms with van der Waals surface area (Å²) in [7, 11) is -1.41. The van der Waals surface area contributed by atoms with Crippen LogP contribution in [0.25, 0.3) is 10.1 Å². The highest BCUT2D eigenvalue weighted by atomic mass is 32.1. The number of rotatable bonds is 2. The van der Waals surface area contributed by atoms with Gasteiger partial charge in [-0.05, 0) is 13.0 Å². The smallest absolute Gasteiger partial charge is 0.135 e. The van der Waals surface area contributed by atoms with E-state index in [4.69, 9.17) is 0 Å². The molecule has 1 aromatic heterocycles. The molecule has 3 heteroatoms. The fourth-order valence-corrected chi connectivity index (χ4v) is 3.56. The van der Waals surface area contributed by atoms with Crippen molar-refractivity contribution in [2.75, 3.05) is 0 Å². The second-order valence-electron chi connectivity index (χ2n) is 5.78. The van der Waals surface area contributed by atoms with E-state index in [1.807, 2.05) is 12.1 Å². The summed E-state index contributed by atoms with van der Waals surface area (Å²) in [5.74, 6) is 3.55. The second kappa shape index (κ2) is 5.32. The van der Waals surface area contributed by atoms with Crippen LogP contribution in [-0.2, 0) is 11.2 Å². The van der Waals surface area contributed by atoms with Gasteiger partial charge < -0.3 is 0 Å². The summed E-state index contributed by atoms with van der Waals surface area (Å²) in [5, 5.41) is 1.19. The molecule has 0 aliphatic carbocycles. The van der Waals surface area contributed by atoms with Gasteiger partial charge in [0.15, 0.2) is 0 Å². The minimum Gasteiger partial charge on any atom is -0.300 e.